The summed E-state index contributed by atoms with van der Waals surface area (Å²) >= 11 is 0. The Labute approximate surface area is 112 Å². The van der Waals surface area contributed by atoms with E-state index in [9.17, 15) is 0 Å². The van der Waals surface area contributed by atoms with Crippen molar-refractivity contribution in [2.75, 3.05) is 0 Å². The van der Waals surface area contributed by atoms with Crippen LogP contribution in [0.3, 0.4) is 0 Å². The van der Waals surface area contributed by atoms with E-state index in [4.69, 9.17) is 6.42 Å². The quantitative estimate of drug-likeness (QED) is 0.766. The van der Waals surface area contributed by atoms with Gasteiger partial charge in [-0.15, -0.1) is 12.3 Å². The summed E-state index contributed by atoms with van der Waals surface area (Å²) in [5.41, 5.74) is 1.64. The van der Waals surface area contributed by atoms with Gasteiger partial charge >= 0.3 is 0 Å². The summed E-state index contributed by atoms with van der Waals surface area (Å²) in [6.45, 7) is 8.97. The Hall–Kier alpha value is -1.26. The largest absolute Gasteiger partial charge is 0.306 e. The molecule has 0 heterocycles. The number of terminal acetylenes is 1. The number of nitrogens with one attached hydrogen (secondary N) is 1. The average molecular weight is 243 g/mol. The third kappa shape index (κ3) is 5.38. The number of hydrogen-bond donors (Lipinski definition) is 1. The molecule has 18 heavy (non-hydrogen) atoms. The van der Waals surface area contributed by atoms with Crippen LogP contribution in [0, 0.1) is 17.8 Å². The van der Waals surface area contributed by atoms with E-state index in [1.807, 2.05) is 0 Å². The number of benzene rings is 1. The summed E-state index contributed by atoms with van der Waals surface area (Å²) in [5.74, 6) is 2.72. The van der Waals surface area contributed by atoms with Crippen molar-refractivity contribution in [3.05, 3.63) is 35.9 Å². The highest BCUT2D eigenvalue weighted by Gasteiger charge is 2.21. The molecule has 0 fully saturated rings. The minimum atomic E-state index is 0.295. The van der Waals surface area contributed by atoms with Crippen molar-refractivity contribution in [3.63, 3.8) is 0 Å². The molecule has 0 saturated heterocycles. The van der Waals surface area contributed by atoms with E-state index in [1.165, 1.54) is 5.56 Å². The maximum Gasteiger partial charge on any atom is 0.0327 e. The fourth-order valence-electron chi connectivity index (χ4n) is 2.15. The zero-order valence-corrected chi connectivity index (χ0v) is 12.0. The topological polar surface area (TPSA) is 12.0 Å². The molecule has 2 unspecified atom stereocenters. The average Bonchev–Trinajstić information content (AvgIpc) is 2.28. The molecular formula is C17H25N. The molecule has 1 aromatic carbocycles. The van der Waals surface area contributed by atoms with Gasteiger partial charge in [-0.25, -0.2) is 0 Å². The van der Waals surface area contributed by atoms with E-state index in [2.05, 4.69) is 69.3 Å². The smallest absolute Gasteiger partial charge is 0.0327 e. The molecule has 0 aliphatic carbocycles. The Kier molecular flexibility index (Phi) is 5.44. The van der Waals surface area contributed by atoms with Crippen LogP contribution in [0.1, 0.15) is 52.1 Å². The van der Waals surface area contributed by atoms with Crippen LogP contribution >= 0.6 is 0 Å². The van der Waals surface area contributed by atoms with Crippen LogP contribution in [-0.2, 0) is 0 Å². The molecule has 0 bridgehead atoms. The van der Waals surface area contributed by atoms with Gasteiger partial charge in [0.2, 0.25) is 0 Å². The molecule has 1 heteroatoms. The van der Waals surface area contributed by atoms with Gasteiger partial charge in [-0.1, -0.05) is 51.1 Å². The van der Waals surface area contributed by atoms with Gasteiger partial charge in [-0.3, -0.25) is 0 Å². The van der Waals surface area contributed by atoms with Crippen LogP contribution in [0.5, 0.6) is 0 Å². The van der Waals surface area contributed by atoms with E-state index in [0.717, 1.165) is 12.8 Å². The predicted octanol–water partition coefficient (Wildman–Crippen LogP) is 4.17. The summed E-state index contributed by atoms with van der Waals surface area (Å²) in [7, 11) is 0. The first-order valence-electron chi connectivity index (χ1n) is 6.67. The summed E-state index contributed by atoms with van der Waals surface area (Å²) in [4.78, 5) is 0. The minimum absolute atomic E-state index is 0.295. The number of hydrogen-bond acceptors (Lipinski definition) is 1. The van der Waals surface area contributed by atoms with Crippen molar-refractivity contribution in [2.24, 2.45) is 5.41 Å². The van der Waals surface area contributed by atoms with Gasteiger partial charge in [-0.2, -0.15) is 0 Å². The van der Waals surface area contributed by atoms with E-state index in [1.54, 1.807) is 0 Å². The minimum Gasteiger partial charge on any atom is -0.306 e. The van der Waals surface area contributed by atoms with Crippen molar-refractivity contribution >= 4 is 0 Å². The second kappa shape index (κ2) is 6.61. The second-order valence-electron chi connectivity index (χ2n) is 6.20. The highest BCUT2D eigenvalue weighted by molar-refractivity contribution is 5.19. The first-order chi connectivity index (χ1) is 8.42. The highest BCUT2D eigenvalue weighted by atomic mass is 14.9. The fraction of sp³-hybridized carbons (Fsp3) is 0.529. The maximum absolute atomic E-state index is 5.38. The lowest BCUT2D eigenvalue weighted by atomic mass is 9.85. The van der Waals surface area contributed by atoms with Crippen LogP contribution in [0.2, 0.25) is 0 Å². The standard InChI is InChI=1S/C17H25N/c1-6-10-14(2)18-16(13-17(3,4)5)15-11-8-7-9-12-15/h1,7-9,11-12,14,16,18H,10,13H2,2-5H3. The molecule has 0 aromatic heterocycles. The number of rotatable bonds is 5. The van der Waals surface area contributed by atoms with Gasteiger partial charge in [0.05, 0.1) is 0 Å². The van der Waals surface area contributed by atoms with E-state index in [0.29, 0.717) is 17.5 Å². The Morgan fingerprint density at radius 1 is 1.22 bits per heavy atom. The molecule has 0 aliphatic rings. The van der Waals surface area contributed by atoms with E-state index < -0.39 is 0 Å². The summed E-state index contributed by atoms with van der Waals surface area (Å²) < 4.78 is 0. The van der Waals surface area contributed by atoms with Gasteiger partial charge in [0.25, 0.3) is 0 Å². The van der Waals surface area contributed by atoms with Gasteiger partial charge in [0.1, 0.15) is 0 Å². The maximum atomic E-state index is 5.38. The van der Waals surface area contributed by atoms with Crippen molar-refractivity contribution in [2.45, 2.75) is 52.6 Å². The molecule has 0 spiro atoms. The third-order valence-electron chi connectivity index (χ3n) is 2.93. The highest BCUT2D eigenvalue weighted by Crippen LogP contribution is 2.29. The fourth-order valence-corrected chi connectivity index (χ4v) is 2.15. The van der Waals surface area contributed by atoms with Crippen LogP contribution in [0.15, 0.2) is 30.3 Å². The normalized spacial score (nSPS) is 14.8. The molecule has 0 saturated carbocycles. The molecular weight excluding hydrogens is 218 g/mol. The van der Waals surface area contributed by atoms with Crippen LogP contribution < -0.4 is 5.32 Å². The van der Waals surface area contributed by atoms with Crippen molar-refractivity contribution in [3.8, 4) is 12.3 Å². The zero-order chi connectivity index (χ0) is 13.6. The lowest BCUT2D eigenvalue weighted by Gasteiger charge is -2.29. The SMILES string of the molecule is C#CCC(C)NC(CC(C)(C)C)c1ccccc1. The van der Waals surface area contributed by atoms with E-state index in [-0.39, 0.29) is 0 Å². The van der Waals surface area contributed by atoms with Crippen molar-refractivity contribution in [1.82, 2.24) is 5.32 Å². The molecule has 1 nitrogen and oxygen atoms in total. The van der Waals surface area contributed by atoms with Gasteiger partial charge in [0, 0.05) is 18.5 Å². The summed E-state index contributed by atoms with van der Waals surface area (Å²) in [5, 5.41) is 3.65. The van der Waals surface area contributed by atoms with Crippen LogP contribution in [0.25, 0.3) is 0 Å². The molecule has 2 atom stereocenters. The van der Waals surface area contributed by atoms with Gasteiger partial charge in [-0.05, 0) is 24.3 Å². The molecule has 0 amide bonds. The first kappa shape index (κ1) is 14.8. The lowest BCUT2D eigenvalue weighted by Crippen LogP contribution is -2.32. The Morgan fingerprint density at radius 3 is 2.33 bits per heavy atom. The summed E-state index contributed by atoms with van der Waals surface area (Å²) in [6.07, 6.45) is 7.26. The zero-order valence-electron chi connectivity index (χ0n) is 12.0. The molecule has 1 aromatic rings. The van der Waals surface area contributed by atoms with Crippen LogP contribution in [-0.4, -0.2) is 6.04 Å². The lowest BCUT2D eigenvalue weighted by molar-refractivity contribution is 0.297. The molecule has 1 N–H and O–H groups in total. The predicted molar refractivity (Wildman–Crippen MR) is 79.3 cm³/mol. The third-order valence-corrected chi connectivity index (χ3v) is 2.93. The van der Waals surface area contributed by atoms with E-state index >= 15 is 0 Å². The Morgan fingerprint density at radius 2 is 1.83 bits per heavy atom. The molecule has 0 aliphatic heterocycles. The van der Waals surface area contributed by atoms with Crippen molar-refractivity contribution in [1.29, 1.82) is 0 Å². The first-order valence-corrected chi connectivity index (χ1v) is 6.67. The molecule has 98 valence electrons. The summed E-state index contributed by atoms with van der Waals surface area (Å²) in [6, 6.07) is 11.3. The Bertz CT molecular complexity index is 380. The monoisotopic (exact) mass is 243 g/mol. The van der Waals surface area contributed by atoms with Crippen LogP contribution in [0.4, 0.5) is 0 Å². The Balaban J connectivity index is 2.80. The van der Waals surface area contributed by atoms with Gasteiger partial charge in [0.15, 0.2) is 0 Å². The molecule has 0 radical (unpaired) electrons. The van der Waals surface area contributed by atoms with Gasteiger partial charge < -0.3 is 5.32 Å². The second-order valence-corrected chi connectivity index (χ2v) is 6.20. The van der Waals surface area contributed by atoms with Crippen molar-refractivity contribution < 1.29 is 0 Å². The molecule has 1 rings (SSSR count).